The highest BCUT2D eigenvalue weighted by atomic mass is 16.5. The van der Waals surface area contributed by atoms with E-state index in [-0.39, 0.29) is 0 Å². The minimum Gasteiger partial charge on any atom is -0.497 e. The van der Waals surface area contributed by atoms with E-state index in [9.17, 15) is 0 Å². The number of rotatable bonds is 8. The average molecular weight is 348 g/mol. The summed E-state index contributed by atoms with van der Waals surface area (Å²) in [5.41, 5.74) is 3.04. The van der Waals surface area contributed by atoms with Gasteiger partial charge in [-0.05, 0) is 29.8 Å². The minimum atomic E-state index is 0.538. The molecule has 0 saturated carbocycles. The fraction of sp³-hybridized carbons (Fsp3) is 0.182. The molecule has 0 aliphatic rings. The SMILES string of the molecule is COc1ccc(CNc2[c]ccc(OCc3ccccc3)c2)c(OC)c1. The van der Waals surface area contributed by atoms with Gasteiger partial charge in [0.25, 0.3) is 0 Å². The number of methoxy groups -OCH3 is 2. The van der Waals surface area contributed by atoms with Crippen LogP contribution in [-0.2, 0) is 13.2 Å². The topological polar surface area (TPSA) is 39.7 Å². The van der Waals surface area contributed by atoms with E-state index in [1.807, 2.05) is 66.7 Å². The van der Waals surface area contributed by atoms with Crippen molar-refractivity contribution in [1.82, 2.24) is 0 Å². The normalized spacial score (nSPS) is 10.2. The zero-order valence-electron chi connectivity index (χ0n) is 15.0. The molecule has 4 heteroatoms. The van der Waals surface area contributed by atoms with Gasteiger partial charge in [0.05, 0.1) is 14.2 Å². The molecule has 0 unspecified atom stereocenters. The van der Waals surface area contributed by atoms with Gasteiger partial charge in [-0.2, -0.15) is 0 Å². The van der Waals surface area contributed by atoms with E-state index in [4.69, 9.17) is 14.2 Å². The maximum atomic E-state index is 5.86. The second-order valence-corrected chi connectivity index (χ2v) is 5.74. The van der Waals surface area contributed by atoms with Crippen LogP contribution in [0.5, 0.6) is 17.2 Å². The Labute approximate surface area is 154 Å². The van der Waals surface area contributed by atoms with Crippen LogP contribution < -0.4 is 19.5 Å². The third kappa shape index (κ3) is 4.70. The van der Waals surface area contributed by atoms with Crippen molar-refractivity contribution in [3.8, 4) is 17.2 Å². The van der Waals surface area contributed by atoms with Crippen molar-refractivity contribution in [3.05, 3.63) is 83.9 Å². The second-order valence-electron chi connectivity index (χ2n) is 5.74. The lowest BCUT2D eigenvalue weighted by Crippen LogP contribution is -2.03. The molecule has 133 valence electrons. The number of nitrogens with one attached hydrogen (secondary N) is 1. The lowest BCUT2D eigenvalue weighted by atomic mass is 10.2. The summed E-state index contributed by atoms with van der Waals surface area (Å²) in [5.74, 6) is 2.36. The molecule has 0 spiro atoms. The quantitative estimate of drug-likeness (QED) is 0.641. The molecular weight excluding hydrogens is 326 g/mol. The molecule has 0 amide bonds. The van der Waals surface area contributed by atoms with Crippen LogP contribution in [0.2, 0.25) is 0 Å². The molecule has 0 fully saturated rings. The highest BCUT2D eigenvalue weighted by Gasteiger charge is 2.05. The predicted molar refractivity (Wildman–Crippen MR) is 103 cm³/mol. The Hall–Kier alpha value is -3.14. The number of hydrogen-bond acceptors (Lipinski definition) is 4. The minimum absolute atomic E-state index is 0.538. The summed E-state index contributed by atoms with van der Waals surface area (Å²) in [6, 6.07) is 24.8. The van der Waals surface area contributed by atoms with Gasteiger partial charge in [0.15, 0.2) is 0 Å². The Bertz CT molecular complexity index is 834. The fourth-order valence-electron chi connectivity index (χ4n) is 2.57. The van der Waals surface area contributed by atoms with Crippen LogP contribution in [-0.4, -0.2) is 14.2 Å². The average Bonchev–Trinajstić information content (AvgIpc) is 2.71. The third-order valence-electron chi connectivity index (χ3n) is 3.98. The van der Waals surface area contributed by atoms with Crippen molar-refractivity contribution in [2.24, 2.45) is 0 Å². The number of hydrogen-bond donors (Lipinski definition) is 1. The molecule has 4 nitrogen and oxygen atoms in total. The van der Waals surface area contributed by atoms with Crippen molar-refractivity contribution < 1.29 is 14.2 Å². The van der Waals surface area contributed by atoms with E-state index >= 15 is 0 Å². The molecule has 0 atom stereocenters. The zero-order valence-corrected chi connectivity index (χ0v) is 15.0. The molecule has 26 heavy (non-hydrogen) atoms. The molecule has 0 aromatic heterocycles. The standard InChI is InChI=1S/C22H22NO3/c1-24-20-12-11-18(22(14-20)25-2)15-23-19-9-6-10-21(13-19)26-16-17-7-4-3-5-8-17/h3-8,10-14,23H,15-16H2,1-2H3. The Morgan fingerprint density at radius 3 is 2.50 bits per heavy atom. The number of ether oxygens (including phenoxy) is 3. The Morgan fingerprint density at radius 2 is 1.73 bits per heavy atom. The van der Waals surface area contributed by atoms with Crippen LogP contribution in [0.4, 0.5) is 5.69 Å². The van der Waals surface area contributed by atoms with Crippen LogP contribution in [0.25, 0.3) is 0 Å². The zero-order chi connectivity index (χ0) is 18.2. The largest absolute Gasteiger partial charge is 0.497 e. The van der Waals surface area contributed by atoms with Gasteiger partial charge in [-0.25, -0.2) is 0 Å². The highest BCUT2D eigenvalue weighted by molar-refractivity contribution is 5.49. The maximum Gasteiger partial charge on any atom is 0.127 e. The van der Waals surface area contributed by atoms with E-state index in [1.54, 1.807) is 14.2 Å². The van der Waals surface area contributed by atoms with E-state index in [1.165, 1.54) is 0 Å². The highest BCUT2D eigenvalue weighted by Crippen LogP contribution is 2.26. The van der Waals surface area contributed by atoms with Crippen LogP contribution in [0.15, 0.2) is 66.7 Å². The molecule has 0 heterocycles. The summed E-state index contributed by atoms with van der Waals surface area (Å²) in [6.45, 7) is 1.16. The van der Waals surface area contributed by atoms with Gasteiger partial charge >= 0.3 is 0 Å². The van der Waals surface area contributed by atoms with Crippen LogP contribution in [0.3, 0.4) is 0 Å². The summed E-state index contributed by atoms with van der Waals surface area (Å²) in [7, 11) is 3.30. The first-order valence-electron chi connectivity index (χ1n) is 8.41. The molecule has 0 aliphatic heterocycles. The van der Waals surface area contributed by atoms with Gasteiger partial charge in [-0.15, -0.1) is 0 Å². The molecule has 0 saturated heterocycles. The summed E-state index contributed by atoms with van der Waals surface area (Å²) in [4.78, 5) is 0. The smallest absolute Gasteiger partial charge is 0.127 e. The molecular formula is C22H22NO3. The van der Waals surface area contributed by atoms with Crippen molar-refractivity contribution in [2.75, 3.05) is 19.5 Å². The molecule has 3 aromatic carbocycles. The molecule has 0 aliphatic carbocycles. The van der Waals surface area contributed by atoms with Crippen LogP contribution in [0, 0.1) is 6.07 Å². The van der Waals surface area contributed by atoms with Crippen molar-refractivity contribution in [2.45, 2.75) is 13.2 Å². The van der Waals surface area contributed by atoms with E-state index in [2.05, 4.69) is 11.4 Å². The van der Waals surface area contributed by atoms with E-state index in [0.29, 0.717) is 13.2 Å². The van der Waals surface area contributed by atoms with Crippen molar-refractivity contribution >= 4 is 5.69 Å². The first-order chi connectivity index (χ1) is 12.8. The van der Waals surface area contributed by atoms with Crippen LogP contribution in [0.1, 0.15) is 11.1 Å². The summed E-state index contributed by atoms with van der Waals surface area (Å²) < 4.78 is 16.5. The van der Waals surface area contributed by atoms with Gasteiger partial charge in [-0.3, -0.25) is 0 Å². The molecule has 1 radical (unpaired) electrons. The number of benzene rings is 3. The summed E-state index contributed by atoms with van der Waals surface area (Å²) in [5, 5.41) is 3.36. The van der Waals surface area contributed by atoms with E-state index < -0.39 is 0 Å². The van der Waals surface area contributed by atoms with Crippen LogP contribution >= 0.6 is 0 Å². The predicted octanol–water partition coefficient (Wildman–Crippen LogP) is 4.70. The van der Waals surface area contributed by atoms with Gasteiger partial charge in [0.2, 0.25) is 0 Å². The Kier molecular flexibility index (Phi) is 5.99. The monoisotopic (exact) mass is 348 g/mol. The first kappa shape index (κ1) is 17.7. The molecule has 1 N–H and O–H groups in total. The molecule has 3 aromatic rings. The van der Waals surface area contributed by atoms with Gasteiger partial charge < -0.3 is 19.5 Å². The number of anilines is 1. The second kappa shape index (κ2) is 8.81. The van der Waals surface area contributed by atoms with Gasteiger partial charge in [-0.1, -0.05) is 30.3 Å². The Morgan fingerprint density at radius 1 is 0.885 bits per heavy atom. The third-order valence-corrected chi connectivity index (χ3v) is 3.98. The molecule has 3 rings (SSSR count). The molecule has 0 bridgehead atoms. The lowest BCUT2D eigenvalue weighted by molar-refractivity contribution is 0.306. The van der Waals surface area contributed by atoms with E-state index in [0.717, 1.165) is 34.1 Å². The summed E-state index contributed by atoms with van der Waals surface area (Å²) in [6.07, 6.45) is 0. The van der Waals surface area contributed by atoms with Gasteiger partial charge in [0, 0.05) is 36.0 Å². The van der Waals surface area contributed by atoms with Gasteiger partial charge in [0.1, 0.15) is 23.9 Å². The Balaban J connectivity index is 1.62. The fourth-order valence-corrected chi connectivity index (χ4v) is 2.57. The summed E-state index contributed by atoms with van der Waals surface area (Å²) >= 11 is 0. The van der Waals surface area contributed by atoms with Crippen molar-refractivity contribution in [3.63, 3.8) is 0 Å². The maximum absolute atomic E-state index is 5.86. The lowest BCUT2D eigenvalue weighted by Gasteiger charge is -2.13. The first-order valence-corrected chi connectivity index (χ1v) is 8.41. The van der Waals surface area contributed by atoms with Crippen molar-refractivity contribution in [1.29, 1.82) is 0 Å².